The number of nitrogens with zero attached hydrogens (tertiary/aromatic N) is 1. The van der Waals surface area contributed by atoms with Gasteiger partial charge in [0, 0.05) is 22.7 Å². The van der Waals surface area contributed by atoms with Crippen LogP contribution in [0, 0.1) is 0 Å². The van der Waals surface area contributed by atoms with E-state index in [4.69, 9.17) is 4.74 Å². The minimum Gasteiger partial charge on any atom is -0.505 e. The largest absolute Gasteiger partial charge is 0.505 e. The van der Waals surface area contributed by atoms with Crippen molar-refractivity contribution < 1.29 is 14.6 Å². The molecule has 2 N–H and O–H groups in total. The Balaban J connectivity index is 1.79. The lowest BCUT2D eigenvalue weighted by Crippen LogP contribution is -2.29. The third-order valence-corrected chi connectivity index (χ3v) is 4.85. The molecule has 1 heterocycles. The summed E-state index contributed by atoms with van der Waals surface area (Å²) >= 11 is 0. The van der Waals surface area contributed by atoms with Crippen molar-refractivity contribution in [2.45, 2.75) is 6.04 Å². The Morgan fingerprint density at radius 1 is 0.966 bits per heavy atom. The number of phenolic OH excluding ortho intramolecular Hbond substituents is 1. The fourth-order valence-corrected chi connectivity index (χ4v) is 3.32. The summed E-state index contributed by atoms with van der Waals surface area (Å²) in [7, 11) is 1.60. The topological polar surface area (TPSA) is 71.5 Å². The van der Waals surface area contributed by atoms with Crippen LogP contribution in [0.25, 0.3) is 10.9 Å². The normalized spacial score (nSPS) is 11.8. The first kappa shape index (κ1) is 18.5. The van der Waals surface area contributed by atoms with Crippen LogP contribution in [-0.2, 0) is 0 Å². The molecular formula is C24H20N2O3. The number of aromatic hydroxyl groups is 1. The third kappa shape index (κ3) is 3.75. The first-order valence-corrected chi connectivity index (χ1v) is 9.24. The smallest absolute Gasteiger partial charge is 0.252 e. The second-order valence-electron chi connectivity index (χ2n) is 6.62. The van der Waals surface area contributed by atoms with Gasteiger partial charge in [-0.2, -0.15) is 0 Å². The van der Waals surface area contributed by atoms with Gasteiger partial charge in [0.1, 0.15) is 17.0 Å². The molecule has 0 saturated carbocycles. The third-order valence-electron chi connectivity index (χ3n) is 4.85. The van der Waals surface area contributed by atoms with E-state index in [0.717, 1.165) is 10.9 Å². The molecule has 1 amide bonds. The lowest BCUT2D eigenvalue weighted by molar-refractivity contribution is 0.0942. The lowest BCUT2D eigenvalue weighted by atomic mass is 9.95. The SMILES string of the molecule is COc1ccc([C@@H](NC(=O)c2ccccc2)c2ccc3cccnc3c2O)cc1. The van der Waals surface area contributed by atoms with E-state index in [1.807, 2.05) is 66.7 Å². The highest BCUT2D eigenvalue weighted by Gasteiger charge is 2.22. The number of rotatable bonds is 5. The van der Waals surface area contributed by atoms with Crippen molar-refractivity contribution in [3.63, 3.8) is 0 Å². The molecule has 0 unspecified atom stereocenters. The Hall–Kier alpha value is -3.86. The molecule has 0 radical (unpaired) electrons. The molecule has 0 aliphatic heterocycles. The first-order valence-electron chi connectivity index (χ1n) is 9.24. The average Bonchev–Trinajstić information content (AvgIpc) is 2.79. The van der Waals surface area contributed by atoms with Gasteiger partial charge in [0.05, 0.1) is 13.2 Å². The van der Waals surface area contributed by atoms with Crippen LogP contribution >= 0.6 is 0 Å². The van der Waals surface area contributed by atoms with Crippen LogP contribution in [0.1, 0.15) is 27.5 Å². The molecule has 4 rings (SSSR count). The Bertz CT molecular complexity index is 1140. The molecule has 1 aromatic heterocycles. The summed E-state index contributed by atoms with van der Waals surface area (Å²) in [5.74, 6) is 0.538. The van der Waals surface area contributed by atoms with E-state index in [2.05, 4.69) is 10.3 Å². The fraction of sp³-hybridized carbons (Fsp3) is 0.0833. The highest BCUT2D eigenvalue weighted by atomic mass is 16.5. The van der Waals surface area contributed by atoms with Crippen molar-refractivity contribution in [3.8, 4) is 11.5 Å². The summed E-state index contributed by atoms with van der Waals surface area (Å²) in [6, 6.07) is 23.2. The molecule has 0 spiro atoms. The Kier molecular flexibility index (Phi) is 5.12. The summed E-state index contributed by atoms with van der Waals surface area (Å²) in [4.78, 5) is 17.2. The number of aromatic nitrogens is 1. The molecule has 5 nitrogen and oxygen atoms in total. The standard InChI is InChI=1S/C24H20N2O3/c1-29-19-12-9-17(10-13-19)21(26-24(28)18-6-3-2-4-7-18)20-14-11-16-8-5-15-25-22(16)23(20)27/h2-15,21,27H,1H3,(H,26,28)/t21-/m1/s1. The van der Waals surface area contributed by atoms with E-state index in [-0.39, 0.29) is 11.7 Å². The number of amides is 1. The molecule has 144 valence electrons. The second kappa shape index (κ2) is 8.02. The fourth-order valence-electron chi connectivity index (χ4n) is 3.32. The van der Waals surface area contributed by atoms with E-state index >= 15 is 0 Å². The summed E-state index contributed by atoms with van der Waals surface area (Å²) in [5, 5.41) is 14.8. The first-order chi connectivity index (χ1) is 14.2. The van der Waals surface area contributed by atoms with Crippen molar-refractivity contribution in [1.29, 1.82) is 0 Å². The van der Waals surface area contributed by atoms with E-state index in [9.17, 15) is 9.90 Å². The maximum atomic E-state index is 12.9. The van der Waals surface area contributed by atoms with E-state index in [1.165, 1.54) is 0 Å². The molecule has 29 heavy (non-hydrogen) atoms. The van der Waals surface area contributed by atoms with Gasteiger partial charge in [-0.25, -0.2) is 0 Å². The number of hydrogen-bond acceptors (Lipinski definition) is 4. The molecule has 1 atom stereocenters. The number of hydrogen-bond donors (Lipinski definition) is 2. The second-order valence-corrected chi connectivity index (χ2v) is 6.62. The quantitative estimate of drug-likeness (QED) is 0.533. The van der Waals surface area contributed by atoms with Gasteiger partial charge in [-0.05, 0) is 35.9 Å². The van der Waals surface area contributed by atoms with Crippen molar-refractivity contribution in [3.05, 3.63) is 102 Å². The number of carbonyl (C=O) groups is 1. The summed E-state index contributed by atoms with van der Waals surface area (Å²) in [6.07, 6.45) is 1.64. The molecule has 0 aliphatic carbocycles. The molecule has 0 bridgehead atoms. The van der Waals surface area contributed by atoms with Crippen molar-refractivity contribution >= 4 is 16.8 Å². The number of benzene rings is 3. The zero-order chi connectivity index (χ0) is 20.2. The van der Waals surface area contributed by atoms with Gasteiger partial charge >= 0.3 is 0 Å². The van der Waals surface area contributed by atoms with E-state index in [0.29, 0.717) is 22.4 Å². The zero-order valence-electron chi connectivity index (χ0n) is 15.9. The number of methoxy groups -OCH3 is 1. The highest BCUT2D eigenvalue weighted by molar-refractivity contribution is 5.95. The monoisotopic (exact) mass is 384 g/mol. The molecule has 0 saturated heterocycles. The Morgan fingerprint density at radius 3 is 2.45 bits per heavy atom. The van der Waals surface area contributed by atoms with Crippen LogP contribution in [0.4, 0.5) is 0 Å². The Morgan fingerprint density at radius 2 is 1.72 bits per heavy atom. The van der Waals surface area contributed by atoms with Crippen LogP contribution in [0.3, 0.4) is 0 Å². The number of carbonyl (C=O) groups excluding carboxylic acids is 1. The van der Waals surface area contributed by atoms with Crippen LogP contribution in [0.15, 0.2) is 85.1 Å². The summed E-state index contributed by atoms with van der Waals surface area (Å²) in [6.45, 7) is 0. The predicted molar refractivity (Wildman–Crippen MR) is 112 cm³/mol. The van der Waals surface area contributed by atoms with Gasteiger partial charge in [0.15, 0.2) is 0 Å². The average molecular weight is 384 g/mol. The van der Waals surface area contributed by atoms with Crippen molar-refractivity contribution in [2.75, 3.05) is 7.11 Å². The number of ether oxygens (including phenoxy) is 1. The van der Waals surface area contributed by atoms with E-state index in [1.54, 1.807) is 25.4 Å². The van der Waals surface area contributed by atoms with Crippen molar-refractivity contribution in [2.24, 2.45) is 0 Å². The van der Waals surface area contributed by atoms with Gasteiger partial charge in [-0.3, -0.25) is 9.78 Å². The molecule has 5 heteroatoms. The van der Waals surface area contributed by atoms with Gasteiger partial charge in [0.25, 0.3) is 5.91 Å². The number of phenols is 1. The van der Waals surface area contributed by atoms with Gasteiger partial charge in [-0.1, -0.05) is 48.5 Å². The zero-order valence-corrected chi connectivity index (χ0v) is 15.9. The van der Waals surface area contributed by atoms with Crippen LogP contribution in [0.5, 0.6) is 11.5 Å². The molecule has 0 fully saturated rings. The lowest BCUT2D eigenvalue weighted by Gasteiger charge is -2.22. The Labute approximate surface area is 168 Å². The maximum Gasteiger partial charge on any atom is 0.252 e. The minimum absolute atomic E-state index is 0.0530. The van der Waals surface area contributed by atoms with Crippen LogP contribution in [0.2, 0.25) is 0 Å². The summed E-state index contributed by atoms with van der Waals surface area (Å²) in [5.41, 5.74) is 2.44. The molecule has 0 aliphatic rings. The molecule has 3 aromatic carbocycles. The number of fused-ring (bicyclic) bond motifs is 1. The van der Waals surface area contributed by atoms with E-state index < -0.39 is 6.04 Å². The summed E-state index contributed by atoms with van der Waals surface area (Å²) < 4.78 is 5.24. The minimum atomic E-state index is -0.556. The van der Waals surface area contributed by atoms with Crippen LogP contribution in [-0.4, -0.2) is 23.1 Å². The van der Waals surface area contributed by atoms with Gasteiger partial charge < -0.3 is 15.2 Å². The molecular weight excluding hydrogens is 364 g/mol. The predicted octanol–water partition coefficient (Wildman–Crippen LogP) is 4.47. The number of pyridine rings is 1. The maximum absolute atomic E-state index is 12.9. The van der Waals surface area contributed by atoms with Gasteiger partial charge in [-0.15, -0.1) is 0 Å². The van der Waals surface area contributed by atoms with Crippen LogP contribution < -0.4 is 10.1 Å². The van der Waals surface area contributed by atoms with Crippen molar-refractivity contribution in [1.82, 2.24) is 10.3 Å². The highest BCUT2D eigenvalue weighted by Crippen LogP contribution is 2.35. The molecule has 4 aromatic rings. The number of nitrogens with one attached hydrogen (secondary N) is 1. The van der Waals surface area contributed by atoms with Gasteiger partial charge in [0.2, 0.25) is 0 Å².